The second kappa shape index (κ2) is 4.23. The van der Waals surface area contributed by atoms with E-state index >= 15 is 0 Å². The summed E-state index contributed by atoms with van der Waals surface area (Å²) in [5, 5.41) is 9.99. The molecule has 3 rings (SSSR count). The molecular formula is C15H19FO2. The minimum Gasteiger partial charge on any atom is -0.490 e. The lowest BCUT2D eigenvalue weighted by molar-refractivity contribution is -0.152. The maximum atomic E-state index is 13.5. The Labute approximate surface area is 107 Å². The number of aryl methyl sites for hydroxylation is 1. The molecule has 18 heavy (non-hydrogen) atoms. The number of hydrogen-bond acceptors (Lipinski definition) is 2. The van der Waals surface area contributed by atoms with Gasteiger partial charge in [-0.05, 0) is 31.4 Å². The molecule has 0 bridgehead atoms. The highest BCUT2D eigenvalue weighted by atomic mass is 19.1. The smallest absolute Gasteiger partial charge is 0.129 e. The lowest BCUT2D eigenvalue weighted by atomic mass is 9.62. The van der Waals surface area contributed by atoms with Crippen LogP contribution in [0.15, 0.2) is 18.2 Å². The quantitative estimate of drug-likeness (QED) is 0.873. The topological polar surface area (TPSA) is 29.5 Å². The fourth-order valence-electron chi connectivity index (χ4n) is 3.39. The molecule has 2 aliphatic rings. The van der Waals surface area contributed by atoms with Crippen molar-refractivity contribution in [3.05, 3.63) is 29.6 Å². The Morgan fingerprint density at radius 2 is 2.06 bits per heavy atom. The molecule has 1 aromatic carbocycles. The lowest BCUT2D eigenvalue weighted by Gasteiger charge is -2.51. The summed E-state index contributed by atoms with van der Waals surface area (Å²) in [6.07, 6.45) is 4.89. The van der Waals surface area contributed by atoms with Crippen LogP contribution in [-0.4, -0.2) is 17.3 Å². The highest BCUT2D eigenvalue weighted by Gasteiger charge is 2.57. The van der Waals surface area contributed by atoms with E-state index < -0.39 is 0 Å². The molecule has 0 heterocycles. The predicted octanol–water partition coefficient (Wildman–Crippen LogP) is 3.21. The summed E-state index contributed by atoms with van der Waals surface area (Å²) in [5.41, 5.74) is 0.577. The van der Waals surface area contributed by atoms with Gasteiger partial charge in [0.25, 0.3) is 0 Å². The first-order chi connectivity index (χ1) is 8.62. The van der Waals surface area contributed by atoms with E-state index in [-0.39, 0.29) is 23.4 Å². The van der Waals surface area contributed by atoms with Gasteiger partial charge in [0.2, 0.25) is 0 Å². The predicted molar refractivity (Wildman–Crippen MR) is 67.1 cm³/mol. The van der Waals surface area contributed by atoms with Crippen molar-refractivity contribution >= 4 is 0 Å². The molecule has 0 aliphatic heterocycles. The van der Waals surface area contributed by atoms with Gasteiger partial charge in [0.15, 0.2) is 0 Å². The number of aliphatic hydroxyl groups excluding tert-OH is 1. The van der Waals surface area contributed by atoms with Crippen LogP contribution in [0.25, 0.3) is 0 Å². The van der Waals surface area contributed by atoms with Crippen molar-refractivity contribution in [3.63, 3.8) is 0 Å². The Kier molecular flexibility index (Phi) is 2.81. The van der Waals surface area contributed by atoms with Crippen LogP contribution in [0.4, 0.5) is 4.39 Å². The molecule has 98 valence electrons. The van der Waals surface area contributed by atoms with E-state index in [1.807, 2.05) is 6.07 Å². The summed E-state index contributed by atoms with van der Waals surface area (Å²) in [6.45, 7) is 1.74. The lowest BCUT2D eigenvalue weighted by Crippen LogP contribution is -2.58. The number of ether oxygens (including phenoxy) is 1. The van der Waals surface area contributed by atoms with Gasteiger partial charge in [-0.2, -0.15) is 0 Å². The molecule has 1 N–H and O–H groups in total. The standard InChI is InChI=1S/C15H19FO2/c1-10-4-5-11(8-12(10)16)18-14-9-13(17)15(14)6-2-3-7-15/h4-5,8,13-14,17H,2-3,6-7,9H2,1H3. The minimum atomic E-state index is -0.236. The Bertz CT molecular complexity index is 452. The van der Waals surface area contributed by atoms with Gasteiger partial charge < -0.3 is 9.84 Å². The van der Waals surface area contributed by atoms with Gasteiger partial charge in [0.05, 0.1) is 6.10 Å². The van der Waals surface area contributed by atoms with Crippen LogP contribution in [0.5, 0.6) is 5.75 Å². The zero-order valence-electron chi connectivity index (χ0n) is 10.7. The SMILES string of the molecule is Cc1ccc(OC2CC(O)C23CCCC3)cc1F. The molecular weight excluding hydrogens is 231 g/mol. The van der Waals surface area contributed by atoms with Gasteiger partial charge in [-0.3, -0.25) is 0 Å². The van der Waals surface area contributed by atoms with E-state index in [1.165, 1.54) is 18.9 Å². The van der Waals surface area contributed by atoms with E-state index in [9.17, 15) is 9.50 Å². The summed E-state index contributed by atoms with van der Waals surface area (Å²) < 4.78 is 19.4. The Morgan fingerprint density at radius 3 is 2.67 bits per heavy atom. The monoisotopic (exact) mass is 250 g/mol. The van der Waals surface area contributed by atoms with Crippen LogP contribution in [0.1, 0.15) is 37.7 Å². The molecule has 2 atom stereocenters. The van der Waals surface area contributed by atoms with Crippen molar-refractivity contribution in [1.29, 1.82) is 0 Å². The van der Waals surface area contributed by atoms with E-state index in [0.717, 1.165) is 12.8 Å². The molecule has 2 saturated carbocycles. The third-order valence-corrected chi connectivity index (χ3v) is 4.70. The van der Waals surface area contributed by atoms with Crippen molar-refractivity contribution in [2.24, 2.45) is 5.41 Å². The highest BCUT2D eigenvalue weighted by molar-refractivity contribution is 5.29. The molecule has 1 aromatic rings. The summed E-state index contributed by atoms with van der Waals surface area (Å²) in [5.74, 6) is 0.356. The van der Waals surface area contributed by atoms with Crippen LogP contribution in [0, 0.1) is 18.2 Å². The van der Waals surface area contributed by atoms with Gasteiger partial charge in [0.1, 0.15) is 17.7 Å². The van der Waals surface area contributed by atoms with Gasteiger partial charge in [-0.25, -0.2) is 4.39 Å². The van der Waals surface area contributed by atoms with E-state index in [1.54, 1.807) is 13.0 Å². The molecule has 0 saturated heterocycles. The summed E-state index contributed by atoms with van der Waals surface area (Å²) in [7, 11) is 0. The van der Waals surface area contributed by atoms with Gasteiger partial charge in [-0.15, -0.1) is 0 Å². The first-order valence-electron chi connectivity index (χ1n) is 6.73. The van der Waals surface area contributed by atoms with Crippen molar-refractivity contribution < 1.29 is 14.2 Å². The zero-order valence-corrected chi connectivity index (χ0v) is 10.7. The van der Waals surface area contributed by atoms with E-state index in [0.29, 0.717) is 17.7 Å². The third-order valence-electron chi connectivity index (χ3n) is 4.70. The zero-order chi connectivity index (χ0) is 12.8. The molecule has 0 aromatic heterocycles. The van der Waals surface area contributed by atoms with E-state index in [2.05, 4.69) is 0 Å². The highest BCUT2D eigenvalue weighted by Crippen LogP contribution is 2.54. The average Bonchev–Trinajstić information content (AvgIpc) is 2.85. The molecule has 2 nitrogen and oxygen atoms in total. The maximum Gasteiger partial charge on any atom is 0.129 e. The number of halogens is 1. The fourth-order valence-corrected chi connectivity index (χ4v) is 3.39. The van der Waals surface area contributed by atoms with Gasteiger partial charge >= 0.3 is 0 Å². The third kappa shape index (κ3) is 1.72. The number of rotatable bonds is 2. The van der Waals surface area contributed by atoms with Crippen molar-refractivity contribution in [2.75, 3.05) is 0 Å². The second-order valence-electron chi connectivity index (χ2n) is 5.71. The summed E-state index contributed by atoms with van der Waals surface area (Å²) in [6, 6.07) is 5.00. The molecule has 1 spiro atoms. The second-order valence-corrected chi connectivity index (χ2v) is 5.71. The molecule has 0 amide bonds. The fraction of sp³-hybridized carbons (Fsp3) is 0.600. The molecule has 2 unspecified atom stereocenters. The Hall–Kier alpha value is -1.09. The van der Waals surface area contributed by atoms with Crippen molar-refractivity contribution in [1.82, 2.24) is 0 Å². The Balaban J connectivity index is 1.75. The van der Waals surface area contributed by atoms with Crippen LogP contribution in [0.3, 0.4) is 0 Å². The Morgan fingerprint density at radius 1 is 1.33 bits per heavy atom. The van der Waals surface area contributed by atoms with Gasteiger partial charge in [-0.1, -0.05) is 18.9 Å². The van der Waals surface area contributed by atoms with E-state index in [4.69, 9.17) is 4.74 Å². The number of aliphatic hydroxyl groups is 1. The maximum absolute atomic E-state index is 13.5. The average molecular weight is 250 g/mol. The largest absolute Gasteiger partial charge is 0.490 e. The molecule has 2 aliphatic carbocycles. The summed E-state index contributed by atoms with van der Waals surface area (Å²) in [4.78, 5) is 0. The minimum absolute atomic E-state index is 0.0529. The first kappa shape index (κ1) is 12.0. The van der Waals surface area contributed by atoms with Crippen molar-refractivity contribution in [2.45, 2.75) is 51.2 Å². The normalized spacial score (nSPS) is 29.3. The molecule has 3 heteroatoms. The first-order valence-corrected chi connectivity index (χ1v) is 6.73. The van der Waals surface area contributed by atoms with Crippen LogP contribution in [-0.2, 0) is 0 Å². The van der Waals surface area contributed by atoms with Crippen LogP contribution >= 0.6 is 0 Å². The molecule has 0 radical (unpaired) electrons. The van der Waals surface area contributed by atoms with Crippen LogP contribution in [0.2, 0.25) is 0 Å². The van der Waals surface area contributed by atoms with Crippen LogP contribution < -0.4 is 4.74 Å². The number of benzene rings is 1. The number of hydrogen-bond donors (Lipinski definition) is 1. The van der Waals surface area contributed by atoms with Gasteiger partial charge in [0, 0.05) is 17.9 Å². The van der Waals surface area contributed by atoms with Crippen molar-refractivity contribution in [3.8, 4) is 5.75 Å². The molecule has 2 fully saturated rings. The summed E-state index contributed by atoms with van der Waals surface area (Å²) >= 11 is 0.